The summed E-state index contributed by atoms with van der Waals surface area (Å²) in [7, 11) is 0. The van der Waals surface area contributed by atoms with E-state index in [-0.39, 0.29) is 12.0 Å². The van der Waals surface area contributed by atoms with Gasteiger partial charge in [-0.2, -0.15) is 0 Å². The molecular formula is C13H14BrClN2O6. The van der Waals surface area contributed by atoms with Crippen molar-refractivity contribution in [2.24, 2.45) is 0 Å². The van der Waals surface area contributed by atoms with Crippen LogP contribution in [0.4, 0.5) is 0 Å². The van der Waals surface area contributed by atoms with E-state index in [1.54, 1.807) is 0 Å². The van der Waals surface area contributed by atoms with Crippen molar-refractivity contribution >= 4 is 39.4 Å². The molecule has 10 heteroatoms. The number of carbonyl (C=O) groups excluding carboxylic acids is 1. The van der Waals surface area contributed by atoms with Crippen molar-refractivity contribution < 1.29 is 19.7 Å². The van der Waals surface area contributed by atoms with Crippen molar-refractivity contribution in [3.05, 3.63) is 37.6 Å². The number of aromatic amines is 1. The first kappa shape index (κ1) is 18.1. The molecule has 1 fully saturated rings. The van der Waals surface area contributed by atoms with Crippen LogP contribution in [0.25, 0.3) is 6.08 Å². The Kier molecular flexibility index (Phi) is 5.58. The van der Waals surface area contributed by atoms with Crippen molar-refractivity contribution in [3.63, 3.8) is 0 Å². The minimum absolute atomic E-state index is 0.171. The van der Waals surface area contributed by atoms with Gasteiger partial charge in [-0.25, -0.2) is 4.79 Å². The van der Waals surface area contributed by atoms with E-state index >= 15 is 0 Å². The van der Waals surface area contributed by atoms with E-state index in [9.17, 15) is 24.6 Å². The molecule has 126 valence electrons. The highest BCUT2D eigenvalue weighted by Gasteiger charge is 2.52. The Labute approximate surface area is 143 Å². The summed E-state index contributed by atoms with van der Waals surface area (Å²) in [4.78, 5) is 39.0. The van der Waals surface area contributed by atoms with E-state index < -0.39 is 47.5 Å². The van der Waals surface area contributed by atoms with E-state index in [0.717, 1.165) is 4.57 Å². The van der Waals surface area contributed by atoms with Gasteiger partial charge in [-0.05, 0) is 11.1 Å². The van der Waals surface area contributed by atoms with E-state index in [2.05, 4.69) is 20.9 Å². The third-order valence-electron chi connectivity index (χ3n) is 3.66. The quantitative estimate of drug-likeness (QED) is 0.575. The van der Waals surface area contributed by atoms with Crippen molar-refractivity contribution in [3.8, 4) is 0 Å². The summed E-state index contributed by atoms with van der Waals surface area (Å²) in [6.07, 6.45) is 0.148. The van der Waals surface area contributed by atoms with E-state index in [4.69, 9.17) is 16.3 Å². The van der Waals surface area contributed by atoms with Crippen LogP contribution >= 0.6 is 27.5 Å². The number of carbonyl (C=O) groups is 1. The predicted molar refractivity (Wildman–Crippen MR) is 85.6 cm³/mol. The van der Waals surface area contributed by atoms with Crippen LogP contribution in [0.5, 0.6) is 0 Å². The lowest BCUT2D eigenvalue weighted by atomic mass is 9.91. The molecule has 3 atom stereocenters. The van der Waals surface area contributed by atoms with Crippen molar-refractivity contribution in [2.45, 2.75) is 24.4 Å². The number of aliphatic hydroxyl groups is 2. The molecule has 0 unspecified atom stereocenters. The number of ketones is 1. The molecule has 1 aliphatic heterocycles. The first-order chi connectivity index (χ1) is 10.9. The summed E-state index contributed by atoms with van der Waals surface area (Å²) >= 11 is 8.51. The normalized spacial score (nSPS) is 27.7. The molecule has 1 saturated heterocycles. The third kappa shape index (κ3) is 3.33. The summed E-state index contributed by atoms with van der Waals surface area (Å²) in [6.45, 7) is -0.623. The standard InChI is InChI=1S/C13H14BrClN2O6/c14-2-1-7-5-17(12(21)16-11(7)20)10-3-13(22,8(19)4-15)9(6-18)23-10/h1-2,5,9-10,18,22H,3-4,6H2,(H,16,20,21)/b2-1+/t9-,10-,13-/m1/s1. The van der Waals surface area contributed by atoms with Gasteiger partial charge in [0.1, 0.15) is 12.3 Å². The van der Waals surface area contributed by atoms with Gasteiger partial charge in [0.15, 0.2) is 11.4 Å². The molecule has 0 saturated carbocycles. The summed E-state index contributed by atoms with van der Waals surface area (Å²) in [5.41, 5.74) is -3.18. The Morgan fingerprint density at radius 3 is 2.87 bits per heavy atom. The number of nitrogens with one attached hydrogen (secondary N) is 1. The molecule has 0 spiro atoms. The number of aliphatic hydroxyl groups excluding tert-OH is 1. The van der Waals surface area contributed by atoms with Crippen LogP contribution in [-0.4, -0.2) is 49.7 Å². The zero-order valence-electron chi connectivity index (χ0n) is 11.7. The maximum Gasteiger partial charge on any atom is 0.330 e. The summed E-state index contributed by atoms with van der Waals surface area (Å²) < 4.78 is 6.46. The highest BCUT2D eigenvalue weighted by molar-refractivity contribution is 9.11. The Morgan fingerprint density at radius 1 is 1.61 bits per heavy atom. The van der Waals surface area contributed by atoms with E-state index in [1.165, 1.54) is 17.3 Å². The van der Waals surface area contributed by atoms with Gasteiger partial charge in [-0.1, -0.05) is 15.9 Å². The molecular weight excluding hydrogens is 396 g/mol. The molecule has 0 aromatic carbocycles. The van der Waals surface area contributed by atoms with Crippen LogP contribution < -0.4 is 11.2 Å². The van der Waals surface area contributed by atoms with Gasteiger partial charge in [-0.3, -0.25) is 19.1 Å². The molecule has 2 heterocycles. The van der Waals surface area contributed by atoms with Gasteiger partial charge in [-0.15, -0.1) is 11.6 Å². The average Bonchev–Trinajstić information content (AvgIpc) is 2.87. The topological polar surface area (TPSA) is 122 Å². The van der Waals surface area contributed by atoms with Gasteiger partial charge in [0.05, 0.1) is 18.1 Å². The first-order valence-electron chi connectivity index (χ1n) is 6.57. The molecule has 3 N–H and O–H groups in total. The SMILES string of the molecule is O=C(CCl)[C@]1(O)C[C@H](n2cc(/C=C/Br)c(=O)[nH]c2=O)O[C@@H]1CO. The fourth-order valence-corrected chi connectivity index (χ4v) is 2.93. The molecule has 23 heavy (non-hydrogen) atoms. The van der Waals surface area contributed by atoms with Gasteiger partial charge in [0.2, 0.25) is 0 Å². The minimum atomic E-state index is -2.00. The minimum Gasteiger partial charge on any atom is -0.394 e. The lowest BCUT2D eigenvalue weighted by Crippen LogP contribution is -2.48. The maximum absolute atomic E-state index is 12.0. The van der Waals surface area contributed by atoms with Gasteiger partial charge in [0.25, 0.3) is 5.56 Å². The number of halogens is 2. The maximum atomic E-state index is 12.0. The third-order valence-corrected chi connectivity index (χ3v) is 4.17. The fraction of sp³-hybridized carbons (Fsp3) is 0.462. The van der Waals surface area contributed by atoms with Crippen LogP contribution in [0.2, 0.25) is 0 Å². The second-order valence-electron chi connectivity index (χ2n) is 4.99. The number of Topliss-reactive ketones (excluding diaryl/α,β-unsaturated/α-hetero) is 1. The number of hydrogen-bond acceptors (Lipinski definition) is 6. The first-order valence-corrected chi connectivity index (χ1v) is 8.02. The van der Waals surface area contributed by atoms with Crippen molar-refractivity contribution in [1.29, 1.82) is 0 Å². The number of alkyl halides is 1. The fourth-order valence-electron chi connectivity index (χ4n) is 2.42. The predicted octanol–water partition coefficient (Wildman–Crippen LogP) is -0.279. The van der Waals surface area contributed by atoms with Crippen LogP contribution in [0.1, 0.15) is 18.2 Å². The number of hydrogen-bond donors (Lipinski definition) is 3. The lowest BCUT2D eigenvalue weighted by Gasteiger charge is -2.23. The number of aromatic nitrogens is 2. The molecule has 1 aromatic heterocycles. The number of H-pyrrole nitrogens is 1. The summed E-state index contributed by atoms with van der Waals surface area (Å²) in [6, 6.07) is 0. The highest BCUT2D eigenvalue weighted by Crippen LogP contribution is 2.37. The molecule has 2 rings (SSSR count). The molecule has 0 aliphatic carbocycles. The molecule has 0 radical (unpaired) electrons. The molecule has 1 aliphatic rings. The Hall–Kier alpha value is -1.26. The lowest BCUT2D eigenvalue weighted by molar-refractivity contribution is -0.144. The Balaban J connectivity index is 2.45. The van der Waals surface area contributed by atoms with Crippen LogP contribution in [0.3, 0.4) is 0 Å². The number of rotatable bonds is 5. The molecule has 0 amide bonds. The smallest absolute Gasteiger partial charge is 0.330 e. The molecule has 0 bridgehead atoms. The zero-order valence-corrected chi connectivity index (χ0v) is 14.1. The van der Waals surface area contributed by atoms with Gasteiger partial charge < -0.3 is 14.9 Å². The van der Waals surface area contributed by atoms with Crippen molar-refractivity contribution in [2.75, 3.05) is 12.5 Å². The Bertz CT molecular complexity index is 745. The second-order valence-corrected chi connectivity index (χ2v) is 5.79. The van der Waals surface area contributed by atoms with E-state index in [0.29, 0.717) is 0 Å². The number of ether oxygens (including phenoxy) is 1. The van der Waals surface area contributed by atoms with E-state index in [1.807, 2.05) is 0 Å². The summed E-state index contributed by atoms with van der Waals surface area (Å²) in [5.74, 6) is -1.17. The number of nitrogens with zero attached hydrogens (tertiary/aromatic N) is 1. The second kappa shape index (κ2) is 7.10. The van der Waals surface area contributed by atoms with Crippen LogP contribution in [0, 0.1) is 0 Å². The average molecular weight is 410 g/mol. The summed E-state index contributed by atoms with van der Waals surface area (Å²) in [5, 5.41) is 19.8. The highest BCUT2D eigenvalue weighted by atomic mass is 79.9. The van der Waals surface area contributed by atoms with Gasteiger partial charge in [0, 0.05) is 12.6 Å². The van der Waals surface area contributed by atoms with Crippen molar-refractivity contribution in [1.82, 2.24) is 9.55 Å². The zero-order chi connectivity index (χ0) is 17.2. The molecule has 1 aromatic rings. The van der Waals surface area contributed by atoms with Crippen LogP contribution in [-0.2, 0) is 9.53 Å². The van der Waals surface area contributed by atoms with Crippen LogP contribution in [0.15, 0.2) is 20.8 Å². The van der Waals surface area contributed by atoms with Gasteiger partial charge >= 0.3 is 5.69 Å². The Morgan fingerprint density at radius 2 is 2.30 bits per heavy atom. The largest absolute Gasteiger partial charge is 0.394 e. The molecule has 8 nitrogen and oxygen atoms in total. The monoisotopic (exact) mass is 408 g/mol.